The Morgan fingerprint density at radius 1 is 1.37 bits per heavy atom. The maximum absolute atomic E-state index is 6.36. The molecule has 106 valence electrons. The van der Waals surface area contributed by atoms with Gasteiger partial charge in [-0.05, 0) is 56.0 Å². The van der Waals surface area contributed by atoms with Gasteiger partial charge in [0, 0.05) is 17.2 Å². The largest absolute Gasteiger partial charge is 0.376 e. The van der Waals surface area contributed by atoms with Crippen LogP contribution in [0.25, 0.3) is 0 Å². The Hall–Kier alpha value is -0.280. The highest BCUT2D eigenvalue weighted by molar-refractivity contribution is 6.33. The Labute approximate surface area is 125 Å². The molecule has 1 atom stereocenters. The number of methoxy groups -OCH3 is 1. The van der Waals surface area contributed by atoms with Crippen molar-refractivity contribution in [3.8, 4) is 0 Å². The van der Waals surface area contributed by atoms with Crippen molar-refractivity contribution in [1.29, 1.82) is 0 Å². The minimum Gasteiger partial charge on any atom is -0.376 e. The molecule has 1 aromatic rings. The van der Waals surface area contributed by atoms with E-state index in [-0.39, 0.29) is 11.6 Å². The van der Waals surface area contributed by atoms with Crippen molar-refractivity contribution >= 4 is 23.2 Å². The van der Waals surface area contributed by atoms with Crippen molar-refractivity contribution in [2.24, 2.45) is 0 Å². The standard InChI is InChI=1S/C15H21Cl2NO/c1-3-9-18-14(15(19-2)7-4-8-15)12-10-11(16)5-6-13(12)17/h5-6,10,14,18H,3-4,7-9H2,1-2H3. The highest BCUT2D eigenvalue weighted by Gasteiger charge is 2.45. The summed E-state index contributed by atoms with van der Waals surface area (Å²) in [4.78, 5) is 0. The van der Waals surface area contributed by atoms with Crippen LogP contribution in [-0.2, 0) is 4.74 Å². The zero-order valence-electron chi connectivity index (χ0n) is 11.5. The smallest absolute Gasteiger partial charge is 0.0873 e. The normalized spacial score (nSPS) is 18.9. The van der Waals surface area contributed by atoms with Crippen LogP contribution in [0.4, 0.5) is 0 Å². The van der Waals surface area contributed by atoms with Gasteiger partial charge in [0.15, 0.2) is 0 Å². The lowest BCUT2D eigenvalue weighted by Crippen LogP contribution is -2.50. The number of hydrogen-bond donors (Lipinski definition) is 1. The van der Waals surface area contributed by atoms with Crippen LogP contribution in [-0.4, -0.2) is 19.3 Å². The lowest BCUT2D eigenvalue weighted by molar-refractivity contribution is -0.0997. The minimum atomic E-state index is -0.135. The molecule has 0 aliphatic heterocycles. The van der Waals surface area contributed by atoms with Gasteiger partial charge < -0.3 is 10.1 Å². The third kappa shape index (κ3) is 3.08. The van der Waals surface area contributed by atoms with E-state index in [1.807, 2.05) is 18.2 Å². The van der Waals surface area contributed by atoms with E-state index in [1.54, 1.807) is 7.11 Å². The van der Waals surface area contributed by atoms with E-state index in [2.05, 4.69) is 12.2 Å². The van der Waals surface area contributed by atoms with E-state index in [0.29, 0.717) is 5.02 Å². The summed E-state index contributed by atoms with van der Waals surface area (Å²) in [5.74, 6) is 0. The molecule has 0 spiro atoms. The van der Waals surface area contributed by atoms with Crippen LogP contribution < -0.4 is 5.32 Å². The topological polar surface area (TPSA) is 21.3 Å². The van der Waals surface area contributed by atoms with Gasteiger partial charge in [-0.2, -0.15) is 0 Å². The molecule has 1 aliphatic carbocycles. The van der Waals surface area contributed by atoms with Crippen molar-refractivity contribution in [3.63, 3.8) is 0 Å². The lowest BCUT2D eigenvalue weighted by atomic mass is 9.72. The first-order chi connectivity index (χ1) is 9.13. The molecule has 2 nitrogen and oxygen atoms in total. The van der Waals surface area contributed by atoms with E-state index < -0.39 is 0 Å². The average Bonchev–Trinajstić information content (AvgIpc) is 2.36. The maximum Gasteiger partial charge on any atom is 0.0873 e. The summed E-state index contributed by atoms with van der Waals surface area (Å²) in [6.45, 7) is 3.10. The Morgan fingerprint density at radius 3 is 2.63 bits per heavy atom. The molecule has 1 aliphatic rings. The zero-order valence-corrected chi connectivity index (χ0v) is 13.0. The van der Waals surface area contributed by atoms with Gasteiger partial charge in [-0.15, -0.1) is 0 Å². The minimum absolute atomic E-state index is 0.109. The van der Waals surface area contributed by atoms with Crippen LogP contribution in [0.3, 0.4) is 0 Å². The van der Waals surface area contributed by atoms with Crippen LogP contribution in [0, 0.1) is 0 Å². The molecule has 0 aromatic heterocycles. The lowest BCUT2D eigenvalue weighted by Gasteiger charge is -2.47. The first-order valence-electron chi connectivity index (χ1n) is 6.86. The van der Waals surface area contributed by atoms with Gasteiger partial charge in [-0.3, -0.25) is 0 Å². The van der Waals surface area contributed by atoms with Gasteiger partial charge in [0.2, 0.25) is 0 Å². The second-order valence-corrected chi connectivity index (χ2v) is 6.02. The van der Waals surface area contributed by atoms with Crippen molar-refractivity contribution in [2.75, 3.05) is 13.7 Å². The number of halogens is 2. The Balaban J connectivity index is 2.33. The van der Waals surface area contributed by atoms with Crippen LogP contribution in [0.5, 0.6) is 0 Å². The molecule has 1 saturated carbocycles. The van der Waals surface area contributed by atoms with Gasteiger partial charge in [0.25, 0.3) is 0 Å². The number of ether oxygens (including phenoxy) is 1. The molecule has 2 rings (SSSR count). The first-order valence-corrected chi connectivity index (χ1v) is 7.62. The predicted octanol–water partition coefficient (Wildman–Crippen LogP) is 4.60. The van der Waals surface area contributed by atoms with E-state index in [4.69, 9.17) is 27.9 Å². The molecule has 0 heterocycles. The molecular formula is C15H21Cl2NO. The van der Waals surface area contributed by atoms with E-state index in [9.17, 15) is 0 Å². The molecule has 0 saturated heterocycles. The van der Waals surface area contributed by atoms with Gasteiger partial charge in [0.1, 0.15) is 0 Å². The van der Waals surface area contributed by atoms with Gasteiger partial charge >= 0.3 is 0 Å². The van der Waals surface area contributed by atoms with Crippen LogP contribution >= 0.6 is 23.2 Å². The Bertz CT molecular complexity index is 427. The van der Waals surface area contributed by atoms with Gasteiger partial charge in [-0.1, -0.05) is 30.1 Å². The summed E-state index contributed by atoms with van der Waals surface area (Å²) in [6.07, 6.45) is 4.41. The van der Waals surface area contributed by atoms with E-state index in [0.717, 1.165) is 36.4 Å². The Kier molecular flexibility index (Phi) is 5.13. The molecule has 0 amide bonds. The molecular weight excluding hydrogens is 281 g/mol. The fourth-order valence-electron chi connectivity index (χ4n) is 2.74. The van der Waals surface area contributed by atoms with Crippen LogP contribution in [0.1, 0.15) is 44.2 Å². The Morgan fingerprint density at radius 2 is 2.11 bits per heavy atom. The maximum atomic E-state index is 6.36. The summed E-state index contributed by atoms with van der Waals surface area (Å²) in [5, 5.41) is 5.05. The number of hydrogen-bond acceptors (Lipinski definition) is 2. The summed E-state index contributed by atoms with van der Waals surface area (Å²) in [7, 11) is 1.79. The number of benzene rings is 1. The summed E-state index contributed by atoms with van der Waals surface area (Å²) in [5.41, 5.74) is 0.910. The second kappa shape index (κ2) is 6.45. The molecule has 1 unspecified atom stereocenters. The SMILES string of the molecule is CCCNC(c1cc(Cl)ccc1Cl)C1(OC)CCC1. The van der Waals surface area contributed by atoms with Crippen LogP contribution in [0.15, 0.2) is 18.2 Å². The molecule has 1 fully saturated rings. The fourth-order valence-corrected chi connectivity index (χ4v) is 3.15. The van der Waals surface area contributed by atoms with Crippen molar-refractivity contribution < 1.29 is 4.74 Å². The second-order valence-electron chi connectivity index (χ2n) is 5.18. The van der Waals surface area contributed by atoms with Crippen molar-refractivity contribution in [2.45, 2.75) is 44.2 Å². The molecule has 19 heavy (non-hydrogen) atoms. The summed E-state index contributed by atoms with van der Waals surface area (Å²) >= 11 is 12.5. The third-order valence-corrected chi connectivity index (χ3v) is 4.58. The molecule has 4 heteroatoms. The van der Waals surface area contributed by atoms with E-state index in [1.165, 1.54) is 6.42 Å². The van der Waals surface area contributed by atoms with Crippen molar-refractivity contribution in [3.05, 3.63) is 33.8 Å². The monoisotopic (exact) mass is 301 g/mol. The molecule has 0 bridgehead atoms. The van der Waals surface area contributed by atoms with Gasteiger partial charge in [0.05, 0.1) is 11.6 Å². The zero-order chi connectivity index (χ0) is 13.9. The third-order valence-electron chi connectivity index (χ3n) is 4.00. The molecule has 1 N–H and O–H groups in total. The molecule has 1 aromatic carbocycles. The first kappa shape index (κ1) is 15.1. The highest BCUT2D eigenvalue weighted by atomic mass is 35.5. The van der Waals surface area contributed by atoms with Crippen LogP contribution in [0.2, 0.25) is 10.0 Å². The quantitative estimate of drug-likeness (QED) is 0.829. The summed E-state index contributed by atoms with van der Waals surface area (Å²) in [6, 6.07) is 5.75. The number of rotatable bonds is 6. The van der Waals surface area contributed by atoms with E-state index >= 15 is 0 Å². The predicted molar refractivity (Wildman–Crippen MR) is 81.1 cm³/mol. The average molecular weight is 302 g/mol. The van der Waals surface area contributed by atoms with Gasteiger partial charge in [-0.25, -0.2) is 0 Å². The number of nitrogens with one attached hydrogen (secondary N) is 1. The molecule has 0 radical (unpaired) electrons. The van der Waals surface area contributed by atoms with Crippen molar-refractivity contribution in [1.82, 2.24) is 5.32 Å². The fraction of sp³-hybridized carbons (Fsp3) is 0.600. The summed E-state index contributed by atoms with van der Waals surface area (Å²) < 4.78 is 5.82. The highest BCUT2D eigenvalue weighted by Crippen LogP contribution is 2.46.